The van der Waals surface area contributed by atoms with E-state index >= 15 is 0 Å². The summed E-state index contributed by atoms with van der Waals surface area (Å²) < 4.78 is 5.17. The molecule has 0 aromatic heterocycles. The number of nitrogens with zero attached hydrogens (tertiary/aromatic N) is 1. The van der Waals surface area contributed by atoms with Crippen LogP contribution in [0.1, 0.15) is 39.5 Å². The van der Waals surface area contributed by atoms with Crippen LogP contribution in [0.3, 0.4) is 0 Å². The molecular formula is C17H25NO. The van der Waals surface area contributed by atoms with Gasteiger partial charge in [0.1, 0.15) is 5.75 Å². The predicted octanol–water partition coefficient (Wildman–Crippen LogP) is 4.11. The zero-order valence-corrected chi connectivity index (χ0v) is 12.4. The smallest absolute Gasteiger partial charge is 0.119 e. The van der Waals surface area contributed by atoms with Crippen LogP contribution in [0.2, 0.25) is 0 Å². The summed E-state index contributed by atoms with van der Waals surface area (Å²) in [4.78, 5) is 2.27. The SMILES string of the molecule is CCCCCC#CCN(CC)c1ccc(OC)cc1. The van der Waals surface area contributed by atoms with Gasteiger partial charge in [0.2, 0.25) is 0 Å². The molecule has 0 heterocycles. The highest BCUT2D eigenvalue weighted by atomic mass is 16.5. The lowest BCUT2D eigenvalue weighted by atomic mass is 10.2. The van der Waals surface area contributed by atoms with Crippen molar-refractivity contribution in [2.24, 2.45) is 0 Å². The van der Waals surface area contributed by atoms with Crippen molar-refractivity contribution in [1.29, 1.82) is 0 Å². The molecule has 0 saturated heterocycles. The molecule has 0 aliphatic carbocycles. The summed E-state index contributed by atoms with van der Waals surface area (Å²) in [5.41, 5.74) is 1.20. The van der Waals surface area contributed by atoms with Gasteiger partial charge in [-0.3, -0.25) is 0 Å². The van der Waals surface area contributed by atoms with Crippen molar-refractivity contribution in [2.45, 2.75) is 39.5 Å². The number of hydrogen-bond acceptors (Lipinski definition) is 2. The standard InChI is InChI=1S/C17H25NO/c1-4-6-7-8-9-10-15-18(5-2)16-11-13-17(19-3)14-12-16/h11-14H,4-8,15H2,1-3H3. The first-order chi connectivity index (χ1) is 9.31. The van der Waals surface area contributed by atoms with E-state index in [-0.39, 0.29) is 0 Å². The summed E-state index contributed by atoms with van der Waals surface area (Å²) in [5, 5.41) is 0. The Balaban J connectivity index is 2.47. The first-order valence-corrected chi connectivity index (χ1v) is 7.16. The molecule has 19 heavy (non-hydrogen) atoms. The maximum atomic E-state index is 5.17. The van der Waals surface area contributed by atoms with Gasteiger partial charge >= 0.3 is 0 Å². The average Bonchev–Trinajstić information content (AvgIpc) is 2.47. The fraction of sp³-hybridized carbons (Fsp3) is 0.529. The van der Waals surface area contributed by atoms with Crippen LogP contribution in [-0.4, -0.2) is 20.2 Å². The Bertz CT molecular complexity index is 400. The predicted molar refractivity (Wildman–Crippen MR) is 82.8 cm³/mol. The van der Waals surface area contributed by atoms with Crippen LogP contribution in [0.25, 0.3) is 0 Å². The lowest BCUT2D eigenvalue weighted by molar-refractivity contribution is 0.415. The zero-order chi connectivity index (χ0) is 13.9. The molecule has 0 N–H and O–H groups in total. The lowest BCUT2D eigenvalue weighted by Gasteiger charge is -2.20. The van der Waals surface area contributed by atoms with E-state index in [0.29, 0.717) is 0 Å². The van der Waals surface area contributed by atoms with Crippen LogP contribution in [0, 0.1) is 11.8 Å². The normalized spacial score (nSPS) is 9.63. The first-order valence-electron chi connectivity index (χ1n) is 7.16. The summed E-state index contributed by atoms with van der Waals surface area (Å²) in [7, 11) is 1.69. The topological polar surface area (TPSA) is 12.5 Å². The molecule has 0 radical (unpaired) electrons. The van der Waals surface area contributed by atoms with Crippen LogP contribution in [0.15, 0.2) is 24.3 Å². The number of ether oxygens (including phenoxy) is 1. The van der Waals surface area contributed by atoms with Crippen molar-refractivity contribution >= 4 is 5.69 Å². The fourth-order valence-corrected chi connectivity index (χ4v) is 1.88. The van der Waals surface area contributed by atoms with Crippen molar-refractivity contribution in [2.75, 3.05) is 25.1 Å². The molecule has 0 atom stereocenters. The minimum absolute atomic E-state index is 0.801. The third-order valence-corrected chi connectivity index (χ3v) is 3.12. The van der Waals surface area contributed by atoms with E-state index in [0.717, 1.165) is 25.3 Å². The largest absolute Gasteiger partial charge is 0.497 e. The third-order valence-electron chi connectivity index (χ3n) is 3.12. The number of methoxy groups -OCH3 is 1. The number of unbranched alkanes of at least 4 members (excludes halogenated alkanes) is 3. The quantitative estimate of drug-likeness (QED) is 0.540. The van der Waals surface area contributed by atoms with E-state index in [1.54, 1.807) is 7.11 Å². The Hall–Kier alpha value is -1.62. The number of rotatable bonds is 7. The van der Waals surface area contributed by atoms with Gasteiger partial charge in [-0.15, -0.1) is 5.92 Å². The highest BCUT2D eigenvalue weighted by Gasteiger charge is 2.02. The minimum Gasteiger partial charge on any atom is -0.497 e. The molecule has 0 bridgehead atoms. The van der Waals surface area contributed by atoms with Crippen LogP contribution in [0.5, 0.6) is 5.75 Å². The van der Waals surface area contributed by atoms with Gasteiger partial charge in [0.05, 0.1) is 13.7 Å². The Labute approximate surface area is 117 Å². The highest BCUT2D eigenvalue weighted by Crippen LogP contribution is 2.18. The summed E-state index contributed by atoms with van der Waals surface area (Å²) in [6.07, 6.45) is 4.78. The average molecular weight is 259 g/mol. The molecule has 1 aromatic carbocycles. The number of hydrogen-bond donors (Lipinski definition) is 0. The van der Waals surface area contributed by atoms with E-state index in [4.69, 9.17) is 4.74 Å². The van der Waals surface area contributed by atoms with E-state index in [1.165, 1.54) is 24.9 Å². The second-order valence-corrected chi connectivity index (χ2v) is 4.52. The third kappa shape index (κ3) is 5.70. The molecule has 0 aliphatic rings. The summed E-state index contributed by atoms with van der Waals surface area (Å²) in [6, 6.07) is 8.15. The van der Waals surface area contributed by atoms with Crippen LogP contribution in [-0.2, 0) is 0 Å². The Morgan fingerprint density at radius 1 is 1.05 bits per heavy atom. The van der Waals surface area contributed by atoms with Crippen molar-refractivity contribution < 1.29 is 4.74 Å². The monoisotopic (exact) mass is 259 g/mol. The maximum absolute atomic E-state index is 5.17. The van der Waals surface area contributed by atoms with Crippen molar-refractivity contribution in [3.8, 4) is 17.6 Å². The molecule has 2 heteroatoms. The molecular weight excluding hydrogens is 234 g/mol. The van der Waals surface area contributed by atoms with E-state index in [1.807, 2.05) is 12.1 Å². The minimum atomic E-state index is 0.801. The van der Waals surface area contributed by atoms with Gasteiger partial charge in [-0.05, 0) is 37.6 Å². The maximum Gasteiger partial charge on any atom is 0.119 e. The van der Waals surface area contributed by atoms with Gasteiger partial charge in [0.15, 0.2) is 0 Å². The van der Waals surface area contributed by atoms with E-state index in [9.17, 15) is 0 Å². The molecule has 0 spiro atoms. The van der Waals surface area contributed by atoms with Crippen molar-refractivity contribution in [3.63, 3.8) is 0 Å². The van der Waals surface area contributed by atoms with Gasteiger partial charge in [0.25, 0.3) is 0 Å². The van der Waals surface area contributed by atoms with Crippen LogP contribution >= 0.6 is 0 Å². The van der Waals surface area contributed by atoms with Gasteiger partial charge in [-0.1, -0.05) is 25.7 Å². The fourth-order valence-electron chi connectivity index (χ4n) is 1.88. The number of anilines is 1. The number of benzene rings is 1. The summed E-state index contributed by atoms with van der Waals surface area (Å²) in [5.74, 6) is 7.42. The molecule has 1 rings (SSSR count). The summed E-state index contributed by atoms with van der Waals surface area (Å²) in [6.45, 7) is 6.14. The van der Waals surface area contributed by atoms with Crippen LogP contribution < -0.4 is 9.64 Å². The zero-order valence-electron chi connectivity index (χ0n) is 12.4. The highest BCUT2D eigenvalue weighted by molar-refractivity contribution is 5.49. The first kappa shape index (κ1) is 15.4. The van der Waals surface area contributed by atoms with Gasteiger partial charge < -0.3 is 9.64 Å². The van der Waals surface area contributed by atoms with Gasteiger partial charge in [-0.2, -0.15) is 0 Å². The van der Waals surface area contributed by atoms with E-state index in [2.05, 4.69) is 42.7 Å². The second kappa shape index (κ2) is 9.33. The van der Waals surface area contributed by atoms with Crippen molar-refractivity contribution in [3.05, 3.63) is 24.3 Å². The molecule has 104 valence electrons. The summed E-state index contributed by atoms with van der Waals surface area (Å²) >= 11 is 0. The molecule has 1 aromatic rings. The molecule has 0 fully saturated rings. The lowest BCUT2D eigenvalue weighted by Crippen LogP contribution is -2.22. The molecule has 0 amide bonds. The van der Waals surface area contributed by atoms with Crippen LogP contribution in [0.4, 0.5) is 5.69 Å². The Kier molecular flexibility index (Phi) is 7.58. The Morgan fingerprint density at radius 3 is 2.37 bits per heavy atom. The Morgan fingerprint density at radius 2 is 1.79 bits per heavy atom. The van der Waals surface area contributed by atoms with Gasteiger partial charge in [0, 0.05) is 18.7 Å². The van der Waals surface area contributed by atoms with E-state index < -0.39 is 0 Å². The second-order valence-electron chi connectivity index (χ2n) is 4.52. The molecule has 0 aliphatic heterocycles. The van der Waals surface area contributed by atoms with Crippen molar-refractivity contribution in [1.82, 2.24) is 0 Å². The molecule has 0 unspecified atom stereocenters. The molecule has 2 nitrogen and oxygen atoms in total. The molecule has 0 saturated carbocycles. The van der Waals surface area contributed by atoms with Gasteiger partial charge in [-0.25, -0.2) is 0 Å².